The molecule has 2 aliphatic carbocycles. The van der Waals surface area contributed by atoms with E-state index in [4.69, 9.17) is 0 Å². The van der Waals surface area contributed by atoms with Gasteiger partial charge in [0.1, 0.15) is 0 Å². The maximum atomic E-state index is 2.68. The molecule has 0 spiro atoms. The van der Waals surface area contributed by atoms with E-state index in [-0.39, 0.29) is 0 Å². The van der Waals surface area contributed by atoms with Crippen LogP contribution < -0.4 is 0 Å². The van der Waals surface area contributed by atoms with Crippen LogP contribution in [0.5, 0.6) is 0 Å². The van der Waals surface area contributed by atoms with Gasteiger partial charge in [0.15, 0.2) is 0 Å². The summed E-state index contributed by atoms with van der Waals surface area (Å²) in [6.45, 7) is 0. The first-order valence-corrected chi connectivity index (χ1v) is 5.06. The van der Waals surface area contributed by atoms with Crippen molar-refractivity contribution in [3.8, 4) is 0 Å². The first-order chi connectivity index (χ1) is 5.34. The largest absolute Gasteiger partial charge is 0.300 e. The van der Waals surface area contributed by atoms with E-state index >= 15 is 0 Å². The Hall–Kier alpha value is -0.0400. The van der Waals surface area contributed by atoms with Crippen molar-refractivity contribution in [1.29, 1.82) is 0 Å². The molecule has 1 heteroatoms. The molecule has 2 saturated carbocycles. The van der Waals surface area contributed by atoms with Gasteiger partial charge in [-0.3, -0.25) is 0 Å². The summed E-state index contributed by atoms with van der Waals surface area (Å²) in [4.78, 5) is 2.68. The lowest BCUT2D eigenvalue weighted by molar-refractivity contribution is 0.205. The molecule has 0 N–H and O–H groups in total. The van der Waals surface area contributed by atoms with Crippen LogP contribution in [0.15, 0.2) is 0 Å². The van der Waals surface area contributed by atoms with Crippen LogP contribution in [0.4, 0.5) is 0 Å². The molecule has 4 unspecified atom stereocenters. The topological polar surface area (TPSA) is 3.24 Å². The molecule has 3 fully saturated rings. The van der Waals surface area contributed by atoms with E-state index in [1.54, 1.807) is 6.42 Å². The van der Waals surface area contributed by atoms with Crippen molar-refractivity contribution in [1.82, 2.24) is 4.90 Å². The van der Waals surface area contributed by atoms with Crippen molar-refractivity contribution in [2.24, 2.45) is 11.8 Å². The summed E-state index contributed by atoms with van der Waals surface area (Å²) in [5.41, 5.74) is 0. The molecule has 1 aliphatic heterocycles. The number of rotatable bonds is 0. The van der Waals surface area contributed by atoms with E-state index in [1.807, 2.05) is 0 Å². The van der Waals surface area contributed by atoms with E-state index in [9.17, 15) is 0 Å². The summed E-state index contributed by atoms with van der Waals surface area (Å²) in [6.07, 6.45) is 7.64. The lowest BCUT2D eigenvalue weighted by Crippen LogP contribution is -2.31. The Morgan fingerprint density at radius 3 is 2.91 bits per heavy atom. The second-order valence-electron chi connectivity index (χ2n) is 4.80. The molecule has 0 aromatic carbocycles. The summed E-state index contributed by atoms with van der Waals surface area (Å²) in [6, 6.07) is 1.96. The fourth-order valence-corrected chi connectivity index (χ4v) is 3.78. The number of hydrogen-bond acceptors (Lipinski definition) is 1. The first-order valence-electron chi connectivity index (χ1n) is 5.06. The smallest absolute Gasteiger partial charge is 0.0124 e. The molecule has 1 heterocycles. The monoisotopic (exact) mass is 151 g/mol. The van der Waals surface area contributed by atoms with Gasteiger partial charge in [-0.25, -0.2) is 0 Å². The zero-order valence-electron chi connectivity index (χ0n) is 7.29. The van der Waals surface area contributed by atoms with E-state index in [2.05, 4.69) is 11.9 Å². The van der Waals surface area contributed by atoms with E-state index in [0.717, 1.165) is 23.9 Å². The van der Waals surface area contributed by atoms with Crippen molar-refractivity contribution in [3.63, 3.8) is 0 Å². The number of nitrogens with zero attached hydrogens (tertiary/aromatic N) is 1. The van der Waals surface area contributed by atoms with Gasteiger partial charge in [-0.2, -0.15) is 0 Å². The fourth-order valence-electron chi connectivity index (χ4n) is 3.78. The predicted molar refractivity (Wildman–Crippen MR) is 45.4 cm³/mol. The minimum absolute atomic E-state index is 0.978. The van der Waals surface area contributed by atoms with Crippen LogP contribution in [-0.2, 0) is 0 Å². The van der Waals surface area contributed by atoms with Crippen molar-refractivity contribution >= 4 is 0 Å². The molecule has 3 aliphatic rings. The molecular weight excluding hydrogens is 134 g/mol. The van der Waals surface area contributed by atoms with Crippen LogP contribution in [0.25, 0.3) is 0 Å². The minimum atomic E-state index is 0.978. The molecule has 3 rings (SSSR count). The molecule has 0 radical (unpaired) electrons. The molecule has 11 heavy (non-hydrogen) atoms. The maximum Gasteiger partial charge on any atom is 0.0124 e. The van der Waals surface area contributed by atoms with Gasteiger partial charge in [-0.1, -0.05) is 0 Å². The van der Waals surface area contributed by atoms with Crippen molar-refractivity contribution in [2.75, 3.05) is 7.05 Å². The summed E-state index contributed by atoms with van der Waals surface area (Å²) in [5, 5.41) is 0. The van der Waals surface area contributed by atoms with Crippen LogP contribution in [-0.4, -0.2) is 24.0 Å². The summed E-state index contributed by atoms with van der Waals surface area (Å²) in [5.74, 6) is 2.21. The zero-order valence-corrected chi connectivity index (χ0v) is 7.29. The maximum absolute atomic E-state index is 2.68. The second-order valence-corrected chi connectivity index (χ2v) is 4.80. The zero-order chi connectivity index (χ0) is 7.42. The first kappa shape index (κ1) is 6.47. The van der Waals surface area contributed by atoms with Gasteiger partial charge in [0.2, 0.25) is 0 Å². The molecule has 0 amide bonds. The van der Waals surface area contributed by atoms with Crippen LogP contribution >= 0.6 is 0 Å². The Labute approximate surface area is 68.8 Å². The SMILES string of the molecule is CN1C2CC3CCC1C(C3)C2. The lowest BCUT2D eigenvalue weighted by Gasteiger charge is -2.32. The van der Waals surface area contributed by atoms with Crippen LogP contribution in [0.3, 0.4) is 0 Å². The molecular formula is C10H17N. The van der Waals surface area contributed by atoms with Gasteiger partial charge >= 0.3 is 0 Å². The average Bonchev–Trinajstić information content (AvgIpc) is 2.14. The van der Waals surface area contributed by atoms with Gasteiger partial charge in [-0.05, 0) is 51.0 Å². The van der Waals surface area contributed by atoms with Crippen molar-refractivity contribution in [2.45, 2.75) is 44.2 Å². The average molecular weight is 151 g/mol. The Balaban J connectivity index is 1.96. The normalized spacial score (nSPS) is 55.4. The Morgan fingerprint density at radius 1 is 1.09 bits per heavy atom. The third kappa shape index (κ3) is 0.752. The Morgan fingerprint density at radius 2 is 2.00 bits per heavy atom. The van der Waals surface area contributed by atoms with Crippen molar-refractivity contribution < 1.29 is 0 Å². The predicted octanol–water partition coefficient (Wildman–Crippen LogP) is 1.88. The van der Waals surface area contributed by atoms with Gasteiger partial charge in [0.05, 0.1) is 0 Å². The van der Waals surface area contributed by atoms with Crippen LogP contribution in [0.1, 0.15) is 32.1 Å². The number of fused-ring (bicyclic) bond motifs is 2. The van der Waals surface area contributed by atoms with Crippen LogP contribution in [0, 0.1) is 11.8 Å². The summed E-state index contributed by atoms with van der Waals surface area (Å²) in [7, 11) is 2.35. The minimum Gasteiger partial charge on any atom is -0.300 e. The molecule has 3 bridgehead atoms. The highest BCUT2D eigenvalue weighted by Gasteiger charge is 2.47. The second kappa shape index (κ2) is 2.01. The van der Waals surface area contributed by atoms with E-state index < -0.39 is 0 Å². The van der Waals surface area contributed by atoms with Gasteiger partial charge in [-0.15, -0.1) is 0 Å². The highest BCUT2D eigenvalue weighted by molar-refractivity contribution is 5.01. The van der Waals surface area contributed by atoms with E-state index in [0.29, 0.717) is 0 Å². The van der Waals surface area contributed by atoms with Crippen LogP contribution in [0.2, 0.25) is 0 Å². The number of hydrogen-bond donors (Lipinski definition) is 0. The van der Waals surface area contributed by atoms with Gasteiger partial charge < -0.3 is 4.90 Å². The molecule has 0 aromatic heterocycles. The third-order valence-electron chi connectivity index (χ3n) is 4.33. The Bertz CT molecular complexity index is 174. The van der Waals surface area contributed by atoms with Gasteiger partial charge in [0, 0.05) is 12.1 Å². The van der Waals surface area contributed by atoms with E-state index in [1.165, 1.54) is 25.7 Å². The Kier molecular flexibility index (Phi) is 1.18. The lowest BCUT2D eigenvalue weighted by atomic mass is 9.72. The molecule has 1 saturated heterocycles. The highest BCUT2D eigenvalue weighted by Crippen LogP contribution is 2.49. The molecule has 62 valence electrons. The number of likely N-dealkylation sites (tertiary alicyclic amines) is 1. The van der Waals surface area contributed by atoms with Gasteiger partial charge in [0.25, 0.3) is 0 Å². The molecule has 4 atom stereocenters. The quantitative estimate of drug-likeness (QED) is 0.511. The molecule has 1 nitrogen and oxygen atoms in total. The van der Waals surface area contributed by atoms with Crippen molar-refractivity contribution in [3.05, 3.63) is 0 Å². The fraction of sp³-hybridized carbons (Fsp3) is 1.00. The standard InChI is InChI=1S/C10H17N/c1-11-9-5-7-2-3-10(11)8(4-7)6-9/h7-10H,2-6H2,1H3. The third-order valence-corrected chi connectivity index (χ3v) is 4.33. The highest BCUT2D eigenvalue weighted by atomic mass is 15.2. The summed E-state index contributed by atoms with van der Waals surface area (Å²) < 4.78 is 0. The summed E-state index contributed by atoms with van der Waals surface area (Å²) >= 11 is 0. The molecule has 0 aromatic rings.